The summed E-state index contributed by atoms with van der Waals surface area (Å²) < 4.78 is 23.1. The molecule has 1 saturated carbocycles. The van der Waals surface area contributed by atoms with E-state index in [0.29, 0.717) is 23.6 Å². The Morgan fingerprint density at radius 3 is 2.58 bits per heavy atom. The quantitative estimate of drug-likeness (QED) is 0.871. The smallest absolute Gasteiger partial charge is 0.228 e. The molecule has 0 aromatic heterocycles. The first kappa shape index (κ1) is 17.2. The Morgan fingerprint density at radius 2 is 1.96 bits per heavy atom. The molecule has 1 aliphatic carbocycles. The molecule has 3 unspecified atom stereocenters. The number of nitrogens with zero attached hydrogens (tertiary/aromatic N) is 1. The molecule has 2 aliphatic rings. The molecule has 2 amide bonds. The maximum Gasteiger partial charge on any atom is 0.228 e. The summed E-state index contributed by atoms with van der Waals surface area (Å²) in [7, 11) is -1.42. The van der Waals surface area contributed by atoms with Crippen LogP contribution >= 0.6 is 11.6 Å². The molecule has 3 rings (SSSR count). The van der Waals surface area contributed by atoms with Gasteiger partial charge in [-0.3, -0.25) is 9.59 Å². The van der Waals surface area contributed by atoms with Crippen molar-refractivity contribution in [1.29, 1.82) is 0 Å². The van der Waals surface area contributed by atoms with Gasteiger partial charge in [-0.1, -0.05) is 23.7 Å². The fraction of sp³-hybridized carbons (Fsp3) is 0.500. The Kier molecular flexibility index (Phi) is 4.57. The van der Waals surface area contributed by atoms with E-state index < -0.39 is 9.84 Å². The summed E-state index contributed by atoms with van der Waals surface area (Å²) in [5.41, 5.74) is 0.525. The second-order valence-corrected chi connectivity index (χ2v) is 9.06. The molecular formula is C16H19ClN2O4S. The van der Waals surface area contributed by atoms with Crippen molar-refractivity contribution in [3.05, 3.63) is 29.3 Å². The second kappa shape index (κ2) is 6.37. The van der Waals surface area contributed by atoms with Crippen LogP contribution in [0.3, 0.4) is 0 Å². The van der Waals surface area contributed by atoms with Crippen LogP contribution in [0, 0.1) is 11.8 Å². The van der Waals surface area contributed by atoms with E-state index in [1.54, 1.807) is 31.3 Å². The lowest BCUT2D eigenvalue weighted by Gasteiger charge is -2.23. The molecular weight excluding hydrogens is 352 g/mol. The first-order valence-electron chi connectivity index (χ1n) is 7.81. The van der Waals surface area contributed by atoms with E-state index in [-0.39, 0.29) is 41.2 Å². The van der Waals surface area contributed by atoms with E-state index in [0.717, 1.165) is 0 Å². The van der Waals surface area contributed by atoms with Gasteiger partial charge in [0.25, 0.3) is 0 Å². The third-order valence-electron chi connectivity index (χ3n) is 4.68. The van der Waals surface area contributed by atoms with Crippen molar-refractivity contribution in [3.8, 4) is 0 Å². The van der Waals surface area contributed by atoms with E-state index in [1.165, 1.54) is 4.90 Å². The van der Waals surface area contributed by atoms with Crippen molar-refractivity contribution in [2.24, 2.45) is 11.8 Å². The number of carbonyl (C=O) groups excluding carboxylic acids is 2. The Morgan fingerprint density at radius 1 is 1.25 bits per heavy atom. The average molecular weight is 371 g/mol. The van der Waals surface area contributed by atoms with Crippen LogP contribution < -0.4 is 5.32 Å². The van der Waals surface area contributed by atoms with Crippen molar-refractivity contribution in [2.45, 2.75) is 18.9 Å². The summed E-state index contributed by atoms with van der Waals surface area (Å²) in [6.07, 6.45) is 0.951. The SMILES string of the molecule is CN(C(=O)C1CC1C(=O)Nc1ccccc1Cl)C1CCS(=O)(=O)C1. The minimum Gasteiger partial charge on any atom is -0.341 e. The summed E-state index contributed by atoms with van der Waals surface area (Å²) >= 11 is 6.01. The molecule has 24 heavy (non-hydrogen) atoms. The van der Waals surface area contributed by atoms with E-state index in [4.69, 9.17) is 11.6 Å². The van der Waals surface area contributed by atoms with Gasteiger partial charge < -0.3 is 10.2 Å². The number of amides is 2. The third kappa shape index (κ3) is 3.57. The van der Waals surface area contributed by atoms with E-state index in [1.807, 2.05) is 0 Å². The number of benzene rings is 1. The van der Waals surface area contributed by atoms with Crippen LogP contribution in [0.25, 0.3) is 0 Å². The molecule has 1 aromatic carbocycles. The number of halogens is 1. The van der Waals surface area contributed by atoms with Gasteiger partial charge >= 0.3 is 0 Å². The maximum absolute atomic E-state index is 12.5. The van der Waals surface area contributed by atoms with Gasteiger partial charge in [0.15, 0.2) is 9.84 Å². The highest BCUT2D eigenvalue weighted by molar-refractivity contribution is 7.91. The molecule has 0 spiro atoms. The minimum atomic E-state index is -3.04. The number of anilines is 1. The van der Waals surface area contributed by atoms with Crippen molar-refractivity contribution >= 4 is 38.9 Å². The predicted octanol–water partition coefficient (Wildman–Crippen LogP) is 1.56. The molecule has 130 valence electrons. The Bertz CT molecular complexity index is 780. The number of rotatable bonds is 4. The summed E-state index contributed by atoms with van der Waals surface area (Å²) in [4.78, 5) is 26.2. The van der Waals surface area contributed by atoms with Crippen molar-refractivity contribution in [3.63, 3.8) is 0 Å². The fourth-order valence-electron chi connectivity index (χ4n) is 3.07. The van der Waals surface area contributed by atoms with Crippen LogP contribution in [0.1, 0.15) is 12.8 Å². The van der Waals surface area contributed by atoms with E-state index in [9.17, 15) is 18.0 Å². The lowest BCUT2D eigenvalue weighted by atomic mass is 10.2. The van der Waals surface area contributed by atoms with Crippen LogP contribution in [-0.2, 0) is 19.4 Å². The molecule has 8 heteroatoms. The summed E-state index contributed by atoms with van der Waals surface area (Å²) in [6, 6.07) is 6.64. The molecule has 6 nitrogen and oxygen atoms in total. The molecule has 0 bridgehead atoms. The van der Waals surface area contributed by atoms with Gasteiger partial charge in [0, 0.05) is 13.1 Å². The number of para-hydroxylation sites is 1. The van der Waals surface area contributed by atoms with Gasteiger partial charge in [0.1, 0.15) is 0 Å². The topological polar surface area (TPSA) is 83.6 Å². The lowest BCUT2D eigenvalue weighted by molar-refractivity contribution is -0.134. The standard InChI is InChI=1S/C16H19ClN2O4S/c1-19(10-6-7-24(22,23)9-10)16(21)12-8-11(12)15(20)18-14-5-3-2-4-13(14)17/h2-5,10-12H,6-9H2,1H3,(H,18,20). The maximum atomic E-state index is 12.5. The van der Waals surface area contributed by atoms with Crippen LogP contribution in [0.4, 0.5) is 5.69 Å². The fourth-order valence-corrected chi connectivity index (χ4v) is 5.03. The molecule has 3 atom stereocenters. The zero-order valence-corrected chi connectivity index (χ0v) is 14.8. The average Bonchev–Trinajstić information content (AvgIpc) is 3.25. The molecule has 1 aliphatic heterocycles. The zero-order chi connectivity index (χ0) is 17.5. The van der Waals surface area contributed by atoms with Crippen LogP contribution in [0.15, 0.2) is 24.3 Å². The number of sulfone groups is 1. The Labute approximate surface area is 146 Å². The van der Waals surface area contributed by atoms with Gasteiger partial charge in [0.05, 0.1) is 34.1 Å². The molecule has 1 saturated heterocycles. The van der Waals surface area contributed by atoms with E-state index >= 15 is 0 Å². The lowest BCUT2D eigenvalue weighted by Crippen LogP contribution is -2.39. The van der Waals surface area contributed by atoms with Gasteiger partial charge in [-0.25, -0.2) is 8.42 Å². The largest absolute Gasteiger partial charge is 0.341 e. The first-order chi connectivity index (χ1) is 11.3. The first-order valence-corrected chi connectivity index (χ1v) is 10.0. The zero-order valence-electron chi connectivity index (χ0n) is 13.2. The van der Waals surface area contributed by atoms with Crippen molar-refractivity contribution in [1.82, 2.24) is 4.90 Å². The highest BCUT2D eigenvalue weighted by Gasteiger charge is 2.50. The molecule has 1 N–H and O–H groups in total. The number of carbonyl (C=O) groups is 2. The summed E-state index contributed by atoms with van der Waals surface area (Å²) in [5.74, 6) is -1.00. The van der Waals surface area contributed by atoms with Crippen LogP contribution in [0.5, 0.6) is 0 Å². The monoisotopic (exact) mass is 370 g/mol. The molecule has 1 heterocycles. The predicted molar refractivity (Wildman–Crippen MR) is 91.5 cm³/mol. The molecule has 0 radical (unpaired) electrons. The summed E-state index contributed by atoms with van der Waals surface area (Å²) in [5, 5.41) is 3.19. The highest BCUT2D eigenvalue weighted by atomic mass is 35.5. The van der Waals surface area contributed by atoms with Gasteiger partial charge in [-0.15, -0.1) is 0 Å². The second-order valence-electron chi connectivity index (χ2n) is 6.42. The Balaban J connectivity index is 1.57. The Hall–Kier alpha value is -1.60. The molecule has 1 aromatic rings. The number of hydrogen-bond acceptors (Lipinski definition) is 4. The van der Waals surface area contributed by atoms with Crippen molar-refractivity contribution < 1.29 is 18.0 Å². The number of hydrogen-bond donors (Lipinski definition) is 1. The van der Waals surface area contributed by atoms with Crippen LogP contribution in [-0.4, -0.2) is 49.7 Å². The highest BCUT2D eigenvalue weighted by Crippen LogP contribution is 2.41. The van der Waals surface area contributed by atoms with Gasteiger partial charge in [-0.2, -0.15) is 0 Å². The van der Waals surface area contributed by atoms with Gasteiger partial charge in [-0.05, 0) is 25.0 Å². The van der Waals surface area contributed by atoms with Crippen molar-refractivity contribution in [2.75, 3.05) is 23.9 Å². The minimum absolute atomic E-state index is 0.0123. The normalized spacial score (nSPS) is 27.5. The number of nitrogens with one attached hydrogen (secondary N) is 1. The van der Waals surface area contributed by atoms with Crippen LogP contribution in [0.2, 0.25) is 5.02 Å². The van der Waals surface area contributed by atoms with Gasteiger partial charge in [0.2, 0.25) is 11.8 Å². The van der Waals surface area contributed by atoms with E-state index in [2.05, 4.69) is 5.32 Å². The third-order valence-corrected chi connectivity index (χ3v) is 6.76. The summed E-state index contributed by atoms with van der Waals surface area (Å²) in [6.45, 7) is 0. The molecule has 2 fully saturated rings.